The molecule has 0 spiro atoms. The summed E-state index contributed by atoms with van der Waals surface area (Å²) in [6.45, 7) is -0.0543. The number of anilines is 2. The third kappa shape index (κ3) is 4.93. The van der Waals surface area contributed by atoms with Crippen LogP contribution in [0.4, 0.5) is 16.0 Å². The topological polar surface area (TPSA) is 165 Å². The Bertz CT molecular complexity index is 1460. The maximum Gasteiger partial charge on any atom is 0.255 e. The predicted octanol–water partition coefficient (Wildman–Crippen LogP) is 2.29. The molecule has 0 radical (unpaired) electrons. The monoisotopic (exact) mass is 488 g/mol. The minimum atomic E-state index is -3.37. The standard InChI is InChI=1S/C21H21FN6O5S/c1-24-20(29)18-13-7-16(32-9-17-26-21(23)28-27-17)14(25-10-34(2,30)31)8-15(13)33-19(18)11-3-5-12(22)6-4-11/h3-8,25H,9-10H2,1-2H3,(H,24,29)(H3,23,26,27,28). The van der Waals surface area contributed by atoms with Gasteiger partial charge in [-0.15, -0.1) is 10.2 Å². The molecule has 4 aromatic rings. The maximum absolute atomic E-state index is 13.4. The van der Waals surface area contributed by atoms with E-state index in [1.807, 2.05) is 0 Å². The van der Waals surface area contributed by atoms with Gasteiger partial charge in [-0.2, -0.15) is 0 Å². The number of hydrogen-bond donors (Lipinski definition) is 4. The molecular weight excluding hydrogens is 467 g/mol. The number of fused-ring (bicyclic) bond motifs is 1. The number of nitrogens with two attached hydrogens (primary N) is 1. The van der Waals surface area contributed by atoms with Crippen LogP contribution in [0.3, 0.4) is 0 Å². The zero-order valence-electron chi connectivity index (χ0n) is 18.2. The summed E-state index contributed by atoms with van der Waals surface area (Å²) in [5.41, 5.74) is 6.85. The first-order valence-corrected chi connectivity index (χ1v) is 12.0. The molecule has 0 unspecified atom stereocenters. The van der Waals surface area contributed by atoms with Gasteiger partial charge < -0.3 is 30.5 Å². The number of halogens is 1. The number of carbonyl (C=O) groups excluding carboxylic acids is 1. The van der Waals surface area contributed by atoms with E-state index in [2.05, 4.69) is 25.8 Å². The summed E-state index contributed by atoms with van der Waals surface area (Å²) < 4.78 is 48.7. The lowest BCUT2D eigenvalue weighted by atomic mass is 10.0. The number of amides is 1. The Morgan fingerprint density at radius 3 is 2.59 bits per heavy atom. The molecule has 0 aliphatic heterocycles. The molecule has 0 saturated heterocycles. The number of H-pyrrole nitrogens is 1. The Labute approximate surface area is 193 Å². The highest BCUT2D eigenvalue weighted by Gasteiger charge is 2.24. The molecule has 2 heterocycles. The van der Waals surface area contributed by atoms with E-state index in [1.54, 1.807) is 6.07 Å². The first-order chi connectivity index (χ1) is 16.1. The van der Waals surface area contributed by atoms with Crippen LogP contribution < -0.4 is 21.1 Å². The summed E-state index contributed by atoms with van der Waals surface area (Å²) in [5, 5.41) is 13.3. The second-order valence-corrected chi connectivity index (χ2v) is 9.57. The fourth-order valence-electron chi connectivity index (χ4n) is 3.27. The highest BCUT2D eigenvalue weighted by molar-refractivity contribution is 7.90. The number of nitrogens with zero attached hydrogens (tertiary/aromatic N) is 2. The van der Waals surface area contributed by atoms with E-state index < -0.39 is 21.6 Å². The summed E-state index contributed by atoms with van der Waals surface area (Å²) in [4.78, 5) is 15.5. The Morgan fingerprint density at radius 2 is 1.97 bits per heavy atom. The van der Waals surface area contributed by atoms with Gasteiger partial charge in [0.05, 0.1) is 11.3 Å². The lowest BCUT2D eigenvalue weighted by Gasteiger charge is -2.12. The van der Waals surface area contributed by atoms with Gasteiger partial charge in [0.2, 0.25) is 5.95 Å². The van der Waals surface area contributed by atoms with Crippen LogP contribution in [-0.2, 0) is 16.4 Å². The number of nitrogens with one attached hydrogen (secondary N) is 3. The number of benzene rings is 2. The number of ether oxygens (including phenoxy) is 1. The van der Waals surface area contributed by atoms with Crippen LogP contribution in [0.25, 0.3) is 22.3 Å². The van der Waals surface area contributed by atoms with Crippen molar-refractivity contribution in [1.82, 2.24) is 20.5 Å². The van der Waals surface area contributed by atoms with E-state index in [-0.39, 0.29) is 35.5 Å². The average Bonchev–Trinajstić information content (AvgIpc) is 3.38. The summed E-state index contributed by atoms with van der Waals surface area (Å²) in [7, 11) is -1.89. The van der Waals surface area contributed by atoms with Crippen molar-refractivity contribution < 1.29 is 26.8 Å². The van der Waals surface area contributed by atoms with Crippen LogP contribution in [-0.4, -0.2) is 48.7 Å². The zero-order valence-corrected chi connectivity index (χ0v) is 19.0. The Hall–Kier alpha value is -4.13. The maximum atomic E-state index is 13.4. The van der Waals surface area contributed by atoms with Gasteiger partial charge in [-0.1, -0.05) is 0 Å². The van der Waals surface area contributed by atoms with E-state index in [0.717, 1.165) is 6.26 Å². The average molecular weight is 489 g/mol. The number of carbonyl (C=O) groups is 1. The largest absolute Gasteiger partial charge is 0.483 e. The van der Waals surface area contributed by atoms with Crippen molar-refractivity contribution in [1.29, 1.82) is 0 Å². The van der Waals surface area contributed by atoms with Gasteiger partial charge in [0, 0.05) is 30.3 Å². The van der Waals surface area contributed by atoms with Gasteiger partial charge in [-0.25, -0.2) is 12.8 Å². The van der Waals surface area contributed by atoms with E-state index in [9.17, 15) is 17.6 Å². The number of sulfone groups is 1. The van der Waals surface area contributed by atoms with E-state index in [1.165, 1.54) is 37.4 Å². The first-order valence-electron chi connectivity index (χ1n) is 9.94. The normalized spacial score (nSPS) is 11.5. The molecular formula is C21H21FN6O5S. The van der Waals surface area contributed by atoms with Crippen molar-refractivity contribution in [2.75, 3.05) is 30.2 Å². The summed E-state index contributed by atoms with van der Waals surface area (Å²) >= 11 is 0. The van der Waals surface area contributed by atoms with Gasteiger partial charge in [0.25, 0.3) is 5.91 Å². The van der Waals surface area contributed by atoms with Gasteiger partial charge in [0.15, 0.2) is 15.7 Å². The minimum Gasteiger partial charge on any atom is -0.483 e. The minimum absolute atomic E-state index is 0.0543. The Balaban J connectivity index is 1.84. The number of rotatable bonds is 8. The molecule has 0 atom stereocenters. The molecule has 0 aliphatic carbocycles. The number of aromatic amines is 1. The van der Waals surface area contributed by atoms with Crippen molar-refractivity contribution in [2.45, 2.75) is 6.61 Å². The lowest BCUT2D eigenvalue weighted by Crippen LogP contribution is -2.18. The molecule has 0 bridgehead atoms. The zero-order chi connectivity index (χ0) is 24.5. The fraction of sp³-hybridized carbons (Fsp3) is 0.190. The van der Waals surface area contributed by atoms with Crippen LogP contribution in [0.2, 0.25) is 0 Å². The predicted molar refractivity (Wildman–Crippen MR) is 123 cm³/mol. The Morgan fingerprint density at radius 1 is 1.24 bits per heavy atom. The third-order valence-corrected chi connectivity index (χ3v) is 5.46. The number of aromatic nitrogens is 3. The van der Waals surface area contributed by atoms with Gasteiger partial charge in [-0.3, -0.25) is 4.79 Å². The van der Waals surface area contributed by atoms with Crippen molar-refractivity contribution in [3.8, 4) is 17.1 Å². The van der Waals surface area contributed by atoms with Gasteiger partial charge >= 0.3 is 0 Å². The van der Waals surface area contributed by atoms with Crippen LogP contribution >= 0.6 is 0 Å². The highest BCUT2D eigenvalue weighted by Crippen LogP contribution is 2.39. The molecule has 5 N–H and O–H groups in total. The molecule has 0 aliphatic rings. The summed E-state index contributed by atoms with van der Waals surface area (Å²) in [5.74, 6) is -0.298. The lowest BCUT2D eigenvalue weighted by molar-refractivity contribution is 0.0964. The first kappa shape index (κ1) is 23.0. The van der Waals surface area contributed by atoms with Crippen molar-refractivity contribution in [3.63, 3.8) is 0 Å². The molecule has 2 aromatic carbocycles. The molecule has 2 aromatic heterocycles. The molecule has 11 nitrogen and oxygen atoms in total. The van der Waals surface area contributed by atoms with Crippen molar-refractivity contribution >= 4 is 38.3 Å². The van der Waals surface area contributed by atoms with Gasteiger partial charge in [-0.05, 0) is 30.3 Å². The number of hydrogen-bond acceptors (Lipinski definition) is 9. The number of nitrogen functional groups attached to an aromatic ring is 1. The molecule has 178 valence electrons. The van der Waals surface area contributed by atoms with E-state index >= 15 is 0 Å². The van der Waals surface area contributed by atoms with Crippen LogP contribution in [0.1, 0.15) is 16.2 Å². The summed E-state index contributed by atoms with van der Waals surface area (Å²) in [6.07, 6.45) is 1.08. The quantitative estimate of drug-likeness (QED) is 0.291. The molecule has 13 heteroatoms. The SMILES string of the molecule is CNC(=O)c1c(-c2ccc(F)cc2)oc2cc(NCS(C)(=O)=O)c(OCc3nnc(N)[nH]3)cc12. The summed E-state index contributed by atoms with van der Waals surface area (Å²) in [6, 6.07) is 8.59. The van der Waals surface area contributed by atoms with Crippen LogP contribution in [0, 0.1) is 5.82 Å². The van der Waals surface area contributed by atoms with Crippen LogP contribution in [0.15, 0.2) is 40.8 Å². The van der Waals surface area contributed by atoms with Crippen LogP contribution in [0.5, 0.6) is 5.75 Å². The van der Waals surface area contributed by atoms with E-state index in [0.29, 0.717) is 28.0 Å². The third-order valence-electron chi connectivity index (χ3n) is 4.79. The van der Waals surface area contributed by atoms with Crippen molar-refractivity contribution in [3.05, 3.63) is 53.6 Å². The second-order valence-electron chi connectivity index (χ2n) is 7.43. The molecule has 0 fully saturated rings. The van der Waals surface area contributed by atoms with Gasteiger partial charge in [0.1, 0.15) is 35.4 Å². The van der Waals surface area contributed by atoms with Crippen molar-refractivity contribution in [2.24, 2.45) is 0 Å². The molecule has 34 heavy (non-hydrogen) atoms. The molecule has 0 saturated carbocycles. The number of furan rings is 1. The second kappa shape index (κ2) is 9.02. The molecule has 4 rings (SSSR count). The Kier molecular flexibility index (Phi) is 6.11. The van der Waals surface area contributed by atoms with E-state index in [4.69, 9.17) is 14.9 Å². The molecule has 1 amide bonds. The smallest absolute Gasteiger partial charge is 0.255 e. The fourth-order valence-corrected chi connectivity index (χ4v) is 3.69. The highest BCUT2D eigenvalue weighted by atomic mass is 32.2.